The van der Waals surface area contributed by atoms with E-state index in [0.29, 0.717) is 23.0 Å². The van der Waals surface area contributed by atoms with Crippen LogP contribution in [0.4, 0.5) is 0 Å². The monoisotopic (exact) mass is 511 g/mol. The summed E-state index contributed by atoms with van der Waals surface area (Å²) < 4.78 is 23.1. The highest BCUT2D eigenvalue weighted by atomic mass is 16.5. The maximum absolute atomic E-state index is 13.1. The highest BCUT2D eigenvalue weighted by Crippen LogP contribution is 2.18. The van der Waals surface area contributed by atoms with E-state index >= 15 is 0 Å². The van der Waals surface area contributed by atoms with Gasteiger partial charge in [-0.25, -0.2) is 4.79 Å². The Labute approximate surface area is 213 Å². The Hall–Kier alpha value is -4.27. The molecule has 37 heavy (non-hydrogen) atoms. The lowest BCUT2D eigenvalue weighted by Gasteiger charge is -2.19. The zero-order valence-corrected chi connectivity index (χ0v) is 20.8. The first-order valence-corrected chi connectivity index (χ1v) is 11.4. The van der Waals surface area contributed by atoms with Crippen molar-refractivity contribution in [3.63, 3.8) is 0 Å². The molecule has 11 nitrogen and oxygen atoms in total. The van der Waals surface area contributed by atoms with E-state index in [0.717, 1.165) is 9.13 Å². The van der Waals surface area contributed by atoms with E-state index in [-0.39, 0.29) is 31.0 Å². The number of hydrogen-bond acceptors (Lipinski definition) is 9. The molecule has 0 aliphatic carbocycles. The van der Waals surface area contributed by atoms with E-state index in [1.165, 1.54) is 14.0 Å². The third-order valence-corrected chi connectivity index (χ3v) is 5.59. The molecule has 0 fully saturated rings. The molecular formula is C26H29N3O8. The number of benzene rings is 2. The predicted octanol–water partition coefficient (Wildman–Crippen LogP) is 1.09. The summed E-state index contributed by atoms with van der Waals surface area (Å²) in [4.78, 5) is 25.9. The smallest absolute Gasteiger partial charge is 0.331 e. The topological polar surface area (TPSA) is 145 Å². The number of methoxy groups -OCH3 is 2. The van der Waals surface area contributed by atoms with Crippen molar-refractivity contribution < 1.29 is 29.2 Å². The molecule has 0 bridgehead atoms. The molecule has 0 saturated heterocycles. The van der Waals surface area contributed by atoms with Gasteiger partial charge in [0.1, 0.15) is 60.1 Å². The Balaban J connectivity index is 1.72. The average Bonchev–Trinajstić information content (AvgIpc) is 2.92. The van der Waals surface area contributed by atoms with Gasteiger partial charge in [-0.15, -0.1) is 0 Å². The fourth-order valence-corrected chi connectivity index (χ4v) is 3.56. The minimum Gasteiger partial charge on any atom is -0.497 e. The quantitative estimate of drug-likeness (QED) is 0.365. The number of hydrogen-bond donors (Lipinski definition) is 2. The van der Waals surface area contributed by atoms with Crippen LogP contribution in [0.2, 0.25) is 0 Å². The van der Waals surface area contributed by atoms with Gasteiger partial charge < -0.3 is 29.2 Å². The lowest BCUT2D eigenvalue weighted by molar-refractivity contribution is 0.0839. The molecule has 0 aliphatic heterocycles. The van der Waals surface area contributed by atoms with E-state index in [1.807, 2.05) is 6.07 Å². The van der Waals surface area contributed by atoms with Crippen LogP contribution in [-0.4, -0.2) is 59.0 Å². The highest BCUT2D eigenvalue weighted by Gasteiger charge is 2.20. The lowest BCUT2D eigenvalue weighted by Crippen LogP contribution is -2.47. The Bertz CT molecular complexity index is 1340. The van der Waals surface area contributed by atoms with Gasteiger partial charge in [-0.2, -0.15) is 5.26 Å². The summed E-state index contributed by atoms with van der Waals surface area (Å²) in [6.07, 6.45) is -2.35. The summed E-state index contributed by atoms with van der Waals surface area (Å²) in [6.45, 7) is 0.477. The summed E-state index contributed by atoms with van der Waals surface area (Å²) in [7, 11) is 3.08. The number of nitrogens with zero attached hydrogens (tertiary/aromatic N) is 3. The van der Waals surface area contributed by atoms with Gasteiger partial charge in [-0.1, -0.05) is 0 Å². The second-order valence-corrected chi connectivity index (χ2v) is 8.16. The molecule has 11 heteroatoms. The van der Waals surface area contributed by atoms with Crippen LogP contribution in [0.15, 0.2) is 58.1 Å². The second kappa shape index (κ2) is 12.6. The van der Waals surface area contributed by atoms with Crippen molar-refractivity contribution in [3.05, 3.63) is 80.6 Å². The molecule has 0 radical (unpaired) electrons. The van der Waals surface area contributed by atoms with Crippen molar-refractivity contribution in [1.29, 1.82) is 5.26 Å². The van der Waals surface area contributed by atoms with Gasteiger partial charge in [0.25, 0.3) is 5.56 Å². The third kappa shape index (κ3) is 6.91. The van der Waals surface area contributed by atoms with Crippen LogP contribution in [-0.2, 0) is 13.1 Å². The maximum Gasteiger partial charge on any atom is 0.331 e. The summed E-state index contributed by atoms with van der Waals surface area (Å²) >= 11 is 0. The van der Waals surface area contributed by atoms with E-state index in [4.69, 9.17) is 18.9 Å². The number of rotatable bonds is 12. The molecule has 3 aromatic rings. The van der Waals surface area contributed by atoms with Crippen LogP contribution in [0.5, 0.6) is 23.0 Å². The molecule has 2 N–H and O–H groups in total. The van der Waals surface area contributed by atoms with Crippen LogP contribution in [0.1, 0.15) is 11.3 Å². The van der Waals surface area contributed by atoms with Crippen molar-refractivity contribution in [3.8, 4) is 29.1 Å². The molecular weight excluding hydrogens is 482 g/mol. The normalized spacial score (nSPS) is 12.3. The largest absolute Gasteiger partial charge is 0.497 e. The van der Waals surface area contributed by atoms with E-state index in [2.05, 4.69) is 0 Å². The van der Waals surface area contributed by atoms with Gasteiger partial charge in [0.2, 0.25) is 0 Å². The van der Waals surface area contributed by atoms with Crippen molar-refractivity contribution >= 4 is 0 Å². The molecule has 3 rings (SSSR count). The first-order chi connectivity index (χ1) is 17.8. The minimum absolute atomic E-state index is 0.112. The third-order valence-electron chi connectivity index (χ3n) is 5.59. The molecule has 196 valence electrons. The minimum atomic E-state index is -1.22. The maximum atomic E-state index is 13.1. The van der Waals surface area contributed by atoms with E-state index in [9.17, 15) is 25.1 Å². The van der Waals surface area contributed by atoms with Crippen molar-refractivity contribution in [2.45, 2.75) is 32.2 Å². The molecule has 2 aromatic carbocycles. The van der Waals surface area contributed by atoms with Gasteiger partial charge in [-0.05, 0) is 55.5 Å². The van der Waals surface area contributed by atoms with Crippen LogP contribution < -0.4 is 30.2 Å². The van der Waals surface area contributed by atoms with Crippen LogP contribution in [0.3, 0.4) is 0 Å². The van der Waals surface area contributed by atoms with Crippen LogP contribution in [0, 0.1) is 18.3 Å². The lowest BCUT2D eigenvalue weighted by atomic mass is 10.2. The van der Waals surface area contributed by atoms with Gasteiger partial charge >= 0.3 is 5.69 Å². The van der Waals surface area contributed by atoms with Gasteiger partial charge in [-0.3, -0.25) is 13.9 Å². The molecule has 0 amide bonds. The number of aliphatic hydroxyl groups is 2. The number of ether oxygens (including phenoxy) is 4. The van der Waals surface area contributed by atoms with Crippen LogP contribution in [0.25, 0.3) is 0 Å². The summed E-state index contributed by atoms with van der Waals surface area (Å²) in [6, 6.07) is 15.2. The summed E-state index contributed by atoms with van der Waals surface area (Å²) in [5, 5.41) is 30.5. The van der Waals surface area contributed by atoms with E-state index < -0.39 is 30.0 Å². The molecule has 1 heterocycles. The number of aromatic nitrogens is 2. The van der Waals surface area contributed by atoms with Gasteiger partial charge in [0.05, 0.1) is 27.3 Å². The van der Waals surface area contributed by atoms with E-state index in [1.54, 1.807) is 55.6 Å². The zero-order valence-electron chi connectivity index (χ0n) is 20.8. The fraction of sp³-hybridized carbons (Fsp3) is 0.346. The zero-order chi connectivity index (χ0) is 26.9. The van der Waals surface area contributed by atoms with Crippen molar-refractivity contribution in [2.75, 3.05) is 27.4 Å². The fourth-order valence-electron chi connectivity index (χ4n) is 3.56. The second-order valence-electron chi connectivity index (χ2n) is 8.16. The van der Waals surface area contributed by atoms with Gasteiger partial charge in [0, 0.05) is 5.69 Å². The summed E-state index contributed by atoms with van der Waals surface area (Å²) in [5.74, 6) is 2.25. The molecule has 0 unspecified atom stereocenters. The Kier molecular flexibility index (Phi) is 9.32. The highest BCUT2D eigenvalue weighted by molar-refractivity contribution is 5.32. The standard InChI is InChI=1S/C26H29N3O8/c1-17-24(12-27)25(32)29(14-19(31)16-37-23-10-6-21(35-3)7-11-23)26(33)28(17)13-18(30)15-36-22-8-4-20(34-2)5-9-22/h4-11,18-19,30-31H,13-16H2,1-3H3/t18-,19-/m0/s1. The van der Waals surface area contributed by atoms with Crippen molar-refractivity contribution in [1.82, 2.24) is 9.13 Å². The SMILES string of the molecule is COc1ccc(OC[C@@H](O)Cn2c(C)c(C#N)c(=O)n(C[C@H](O)COc3ccc(OC)cc3)c2=O)cc1. The number of nitriles is 1. The molecule has 0 spiro atoms. The Morgan fingerprint density at radius 2 is 1.19 bits per heavy atom. The van der Waals surface area contributed by atoms with Crippen molar-refractivity contribution in [2.24, 2.45) is 0 Å². The number of aliphatic hydroxyl groups excluding tert-OH is 2. The molecule has 0 saturated carbocycles. The Morgan fingerprint density at radius 1 is 0.784 bits per heavy atom. The summed E-state index contributed by atoms with van der Waals surface area (Å²) in [5.41, 5.74) is -1.74. The average molecular weight is 512 g/mol. The first kappa shape index (κ1) is 27.3. The molecule has 2 atom stereocenters. The van der Waals surface area contributed by atoms with Gasteiger partial charge in [0.15, 0.2) is 0 Å². The predicted molar refractivity (Wildman–Crippen MR) is 133 cm³/mol. The molecule has 0 aliphatic rings. The molecule has 1 aromatic heterocycles. The van der Waals surface area contributed by atoms with Crippen LogP contribution >= 0.6 is 0 Å². The Morgan fingerprint density at radius 3 is 1.59 bits per heavy atom. The first-order valence-electron chi connectivity index (χ1n) is 11.4.